The van der Waals surface area contributed by atoms with Crippen LogP contribution in [0.5, 0.6) is 11.5 Å². The number of nitrogens with zero attached hydrogens (tertiary/aromatic N) is 4. The van der Waals surface area contributed by atoms with Crippen molar-refractivity contribution in [2.75, 3.05) is 20.3 Å². The Kier molecular flexibility index (Phi) is 4.43. The molecule has 4 heterocycles. The van der Waals surface area contributed by atoms with Gasteiger partial charge in [-0.25, -0.2) is 9.37 Å². The minimum absolute atomic E-state index is 0.277. The number of imidazole rings is 1. The molecule has 0 bridgehead atoms. The van der Waals surface area contributed by atoms with Gasteiger partial charge in [0.05, 0.1) is 30.4 Å². The Morgan fingerprint density at radius 3 is 2.94 bits per heavy atom. The number of benzene rings is 2. The van der Waals surface area contributed by atoms with Gasteiger partial charge in [-0.1, -0.05) is 11.2 Å². The molecule has 33 heavy (non-hydrogen) atoms. The maximum atomic E-state index is 13.7. The number of oxime groups is 1. The van der Waals surface area contributed by atoms with E-state index in [-0.39, 0.29) is 12.4 Å². The number of hydrogen-bond donors (Lipinski definition) is 0. The molecule has 0 saturated carbocycles. The number of hydrogen-bond acceptors (Lipinski definition) is 6. The number of halogens is 1. The second-order valence-corrected chi connectivity index (χ2v) is 8.50. The highest BCUT2D eigenvalue weighted by Crippen LogP contribution is 2.47. The minimum atomic E-state index is -0.835. The smallest absolute Gasteiger partial charge is 0.274 e. The van der Waals surface area contributed by atoms with E-state index in [1.807, 2.05) is 29.8 Å². The SMILES string of the molecule is COc1cc(C=C2CCCN3C2=NOC32COc3cc(F)ccc32)ccc1-n1cnc(C)c1. The number of aromatic nitrogens is 2. The molecule has 1 unspecified atom stereocenters. The van der Waals surface area contributed by atoms with E-state index < -0.39 is 5.72 Å². The highest BCUT2D eigenvalue weighted by atomic mass is 19.1. The van der Waals surface area contributed by atoms with E-state index in [0.717, 1.165) is 59.1 Å². The molecular formula is C25H23FN4O3. The molecule has 0 radical (unpaired) electrons. The molecule has 0 aliphatic carbocycles. The van der Waals surface area contributed by atoms with E-state index in [9.17, 15) is 4.39 Å². The molecule has 3 aliphatic heterocycles. The molecule has 7 nitrogen and oxygen atoms in total. The molecule has 1 saturated heterocycles. The molecule has 1 fully saturated rings. The first kappa shape index (κ1) is 19.8. The lowest BCUT2D eigenvalue weighted by Gasteiger charge is -2.36. The predicted octanol–water partition coefficient (Wildman–Crippen LogP) is 4.40. The van der Waals surface area contributed by atoms with Gasteiger partial charge in [0.15, 0.2) is 12.4 Å². The molecule has 3 aromatic rings. The first-order chi connectivity index (χ1) is 16.1. The third kappa shape index (κ3) is 3.08. The summed E-state index contributed by atoms with van der Waals surface area (Å²) in [4.78, 5) is 12.4. The van der Waals surface area contributed by atoms with Crippen molar-refractivity contribution >= 4 is 11.9 Å². The van der Waals surface area contributed by atoms with Gasteiger partial charge in [0, 0.05) is 18.8 Å². The first-order valence-corrected chi connectivity index (χ1v) is 10.9. The van der Waals surface area contributed by atoms with Crippen molar-refractivity contribution in [1.82, 2.24) is 14.5 Å². The molecule has 1 aromatic heterocycles. The molecule has 0 amide bonds. The van der Waals surface area contributed by atoms with Gasteiger partial charge in [-0.05, 0) is 61.2 Å². The average Bonchev–Trinajstić information content (AvgIpc) is 3.52. The minimum Gasteiger partial charge on any atom is -0.495 e. The Morgan fingerprint density at radius 2 is 2.12 bits per heavy atom. The molecule has 2 aromatic carbocycles. The molecule has 1 atom stereocenters. The number of piperidine rings is 1. The molecular weight excluding hydrogens is 423 g/mol. The highest BCUT2D eigenvalue weighted by molar-refractivity contribution is 6.03. The fraction of sp³-hybridized carbons (Fsp3) is 0.280. The maximum Gasteiger partial charge on any atom is 0.274 e. The number of rotatable bonds is 3. The van der Waals surface area contributed by atoms with E-state index in [2.05, 4.69) is 27.2 Å². The Balaban J connectivity index is 1.33. The van der Waals surface area contributed by atoms with Gasteiger partial charge >= 0.3 is 0 Å². The zero-order chi connectivity index (χ0) is 22.6. The number of amidine groups is 1. The third-order valence-electron chi connectivity index (χ3n) is 6.41. The zero-order valence-corrected chi connectivity index (χ0v) is 18.4. The molecule has 6 rings (SSSR count). The quantitative estimate of drug-likeness (QED) is 0.597. The van der Waals surface area contributed by atoms with Crippen molar-refractivity contribution < 1.29 is 18.7 Å². The zero-order valence-electron chi connectivity index (χ0n) is 18.4. The lowest BCUT2D eigenvalue weighted by Crippen LogP contribution is -2.50. The Labute approximate surface area is 190 Å². The second kappa shape index (κ2) is 7.37. The van der Waals surface area contributed by atoms with Gasteiger partial charge in [0.25, 0.3) is 5.72 Å². The van der Waals surface area contributed by atoms with Crippen LogP contribution in [0.1, 0.15) is 29.7 Å². The van der Waals surface area contributed by atoms with Gasteiger partial charge < -0.3 is 23.8 Å². The summed E-state index contributed by atoms with van der Waals surface area (Å²) in [6, 6.07) is 10.7. The number of fused-ring (bicyclic) bond motifs is 4. The predicted molar refractivity (Wildman–Crippen MR) is 121 cm³/mol. The van der Waals surface area contributed by atoms with Crippen molar-refractivity contribution in [1.29, 1.82) is 0 Å². The fourth-order valence-corrected chi connectivity index (χ4v) is 4.82. The molecule has 8 heteroatoms. The van der Waals surface area contributed by atoms with E-state index in [1.54, 1.807) is 19.5 Å². The van der Waals surface area contributed by atoms with Crippen molar-refractivity contribution in [3.05, 3.63) is 77.1 Å². The van der Waals surface area contributed by atoms with Crippen LogP contribution in [-0.2, 0) is 10.6 Å². The summed E-state index contributed by atoms with van der Waals surface area (Å²) in [6.07, 6.45) is 7.71. The summed E-state index contributed by atoms with van der Waals surface area (Å²) in [7, 11) is 1.67. The largest absolute Gasteiger partial charge is 0.495 e. The van der Waals surface area contributed by atoms with Crippen LogP contribution in [0, 0.1) is 12.7 Å². The summed E-state index contributed by atoms with van der Waals surface area (Å²) in [5, 5.41) is 4.46. The number of ether oxygens (including phenoxy) is 2. The summed E-state index contributed by atoms with van der Waals surface area (Å²) in [5.41, 5.74) is 3.95. The van der Waals surface area contributed by atoms with Crippen LogP contribution in [0.2, 0.25) is 0 Å². The lowest BCUT2D eigenvalue weighted by atomic mass is 9.95. The number of methoxy groups -OCH3 is 1. The first-order valence-electron chi connectivity index (χ1n) is 10.9. The van der Waals surface area contributed by atoms with Crippen LogP contribution in [0.15, 0.2) is 59.7 Å². The lowest BCUT2D eigenvalue weighted by molar-refractivity contribution is -0.114. The van der Waals surface area contributed by atoms with E-state index in [0.29, 0.717) is 5.75 Å². The van der Waals surface area contributed by atoms with E-state index in [1.165, 1.54) is 12.1 Å². The molecule has 0 N–H and O–H groups in total. The second-order valence-electron chi connectivity index (χ2n) is 8.50. The van der Waals surface area contributed by atoms with Crippen LogP contribution in [-0.4, -0.2) is 40.5 Å². The van der Waals surface area contributed by atoms with Crippen LogP contribution >= 0.6 is 0 Å². The van der Waals surface area contributed by atoms with Crippen molar-refractivity contribution in [2.24, 2.45) is 5.16 Å². The maximum absolute atomic E-state index is 13.7. The summed E-state index contributed by atoms with van der Waals surface area (Å²) >= 11 is 0. The Hall–Kier alpha value is -3.81. The van der Waals surface area contributed by atoms with Crippen LogP contribution in [0.25, 0.3) is 11.8 Å². The van der Waals surface area contributed by atoms with Crippen LogP contribution in [0.3, 0.4) is 0 Å². The molecule has 3 aliphatic rings. The van der Waals surface area contributed by atoms with Crippen LogP contribution in [0.4, 0.5) is 4.39 Å². The summed E-state index contributed by atoms with van der Waals surface area (Å²) in [6.45, 7) is 3.02. The van der Waals surface area contributed by atoms with Crippen molar-refractivity contribution in [2.45, 2.75) is 25.5 Å². The van der Waals surface area contributed by atoms with Crippen LogP contribution < -0.4 is 9.47 Å². The van der Waals surface area contributed by atoms with E-state index in [4.69, 9.17) is 14.3 Å². The highest BCUT2D eigenvalue weighted by Gasteiger charge is 2.55. The van der Waals surface area contributed by atoms with Crippen molar-refractivity contribution in [3.63, 3.8) is 0 Å². The van der Waals surface area contributed by atoms with Gasteiger partial charge in [0.2, 0.25) is 0 Å². The Bertz CT molecular complexity index is 1310. The van der Waals surface area contributed by atoms with Gasteiger partial charge in [-0.3, -0.25) is 0 Å². The molecule has 168 valence electrons. The third-order valence-corrected chi connectivity index (χ3v) is 6.41. The average molecular weight is 446 g/mol. The Morgan fingerprint density at radius 1 is 1.21 bits per heavy atom. The number of aryl methyl sites for hydroxylation is 1. The van der Waals surface area contributed by atoms with Gasteiger partial charge in [-0.15, -0.1) is 0 Å². The van der Waals surface area contributed by atoms with Gasteiger partial charge in [-0.2, -0.15) is 0 Å². The van der Waals surface area contributed by atoms with Gasteiger partial charge in [0.1, 0.15) is 17.3 Å². The molecule has 1 spiro atoms. The van der Waals surface area contributed by atoms with Crippen molar-refractivity contribution in [3.8, 4) is 17.2 Å². The summed E-state index contributed by atoms with van der Waals surface area (Å²) < 4.78 is 27.1. The standard InChI is InChI=1S/C25H23FN4O3/c1-16-13-29(15-27-16)21-8-5-17(11-23(21)31-2)10-18-4-3-9-30-24(18)28-33-25(30)14-32-22-12-19(26)6-7-20(22)25/h5-8,10-13,15H,3-4,9,14H2,1-2H3. The topological polar surface area (TPSA) is 61.1 Å². The fourth-order valence-electron chi connectivity index (χ4n) is 4.82. The summed E-state index contributed by atoms with van der Waals surface area (Å²) in [5.74, 6) is 1.75. The normalized spacial score (nSPS) is 22.1. The van der Waals surface area contributed by atoms with E-state index >= 15 is 0 Å². The monoisotopic (exact) mass is 446 g/mol.